The maximum absolute atomic E-state index is 8.86. The minimum Gasteiger partial charge on any atom is -0.396 e. The third kappa shape index (κ3) is 2.86. The van der Waals surface area contributed by atoms with Crippen LogP contribution in [0.4, 0.5) is 5.82 Å². The van der Waals surface area contributed by atoms with Gasteiger partial charge in [-0.05, 0) is 24.0 Å². The van der Waals surface area contributed by atoms with Gasteiger partial charge in [0.2, 0.25) is 0 Å². The molecule has 0 spiro atoms. The van der Waals surface area contributed by atoms with E-state index in [1.54, 1.807) is 6.07 Å². The van der Waals surface area contributed by atoms with Crippen LogP contribution in [-0.4, -0.2) is 16.7 Å². The maximum atomic E-state index is 8.86. The highest BCUT2D eigenvalue weighted by atomic mass is 35.5. The number of aliphatic hydroxyl groups excluding tert-OH is 1. The Labute approximate surface area is 82.5 Å². The van der Waals surface area contributed by atoms with Gasteiger partial charge in [0, 0.05) is 12.8 Å². The Bertz CT molecular complexity index is 291. The number of nitrogens with two attached hydrogens (primary N) is 1. The van der Waals surface area contributed by atoms with Crippen molar-refractivity contribution in [1.82, 2.24) is 4.98 Å². The maximum Gasteiger partial charge on any atom is 0.126 e. The third-order valence-corrected chi connectivity index (χ3v) is 2.05. The van der Waals surface area contributed by atoms with Crippen LogP contribution in [0.15, 0.2) is 12.3 Å². The van der Waals surface area contributed by atoms with Gasteiger partial charge < -0.3 is 10.8 Å². The Morgan fingerprint density at radius 1 is 1.69 bits per heavy atom. The summed E-state index contributed by atoms with van der Waals surface area (Å²) in [4.78, 5) is 3.93. The van der Waals surface area contributed by atoms with E-state index < -0.39 is 0 Å². The van der Waals surface area contributed by atoms with Crippen LogP contribution < -0.4 is 5.73 Å². The van der Waals surface area contributed by atoms with Crippen LogP contribution in [0.1, 0.15) is 12.5 Å². The molecule has 0 saturated heterocycles. The molecule has 0 aliphatic rings. The Kier molecular flexibility index (Phi) is 3.51. The molecule has 0 saturated carbocycles. The lowest BCUT2D eigenvalue weighted by Gasteiger charge is -2.09. The molecule has 3 nitrogen and oxygen atoms in total. The van der Waals surface area contributed by atoms with E-state index in [1.807, 2.05) is 6.92 Å². The van der Waals surface area contributed by atoms with Gasteiger partial charge in [-0.25, -0.2) is 4.98 Å². The zero-order valence-corrected chi connectivity index (χ0v) is 8.25. The van der Waals surface area contributed by atoms with Crippen LogP contribution in [0, 0.1) is 5.92 Å². The second-order valence-corrected chi connectivity index (χ2v) is 3.63. The summed E-state index contributed by atoms with van der Waals surface area (Å²) < 4.78 is 0. The number of pyridine rings is 1. The Hall–Kier alpha value is -0.800. The first kappa shape index (κ1) is 10.3. The standard InChI is InChI=1S/C9H13ClN2O/c1-6(5-13)2-7-3-8(10)4-12-9(7)11/h3-4,6,13H,2,5H2,1H3,(H2,11,12). The number of rotatable bonds is 3. The predicted octanol–water partition coefficient (Wildman–Crippen LogP) is 1.49. The van der Waals surface area contributed by atoms with E-state index in [0.29, 0.717) is 17.3 Å². The third-order valence-electron chi connectivity index (χ3n) is 1.85. The molecule has 0 fully saturated rings. The molecule has 1 atom stereocenters. The molecule has 4 heteroatoms. The molecule has 1 aromatic rings. The van der Waals surface area contributed by atoms with Crippen molar-refractivity contribution in [1.29, 1.82) is 0 Å². The highest BCUT2D eigenvalue weighted by Gasteiger charge is 2.06. The van der Waals surface area contributed by atoms with Crippen molar-refractivity contribution in [2.45, 2.75) is 13.3 Å². The molecule has 0 aromatic carbocycles. The number of aliphatic hydroxyl groups is 1. The molecule has 0 bridgehead atoms. The van der Waals surface area contributed by atoms with E-state index in [1.165, 1.54) is 6.20 Å². The monoisotopic (exact) mass is 200 g/mol. The van der Waals surface area contributed by atoms with Crippen molar-refractivity contribution < 1.29 is 5.11 Å². The highest BCUT2D eigenvalue weighted by molar-refractivity contribution is 6.30. The highest BCUT2D eigenvalue weighted by Crippen LogP contribution is 2.18. The van der Waals surface area contributed by atoms with Gasteiger partial charge in [-0.1, -0.05) is 18.5 Å². The summed E-state index contributed by atoms with van der Waals surface area (Å²) in [6, 6.07) is 1.79. The van der Waals surface area contributed by atoms with Gasteiger partial charge in [0.1, 0.15) is 5.82 Å². The van der Waals surface area contributed by atoms with Gasteiger partial charge in [-0.3, -0.25) is 0 Å². The lowest BCUT2D eigenvalue weighted by Crippen LogP contribution is -2.07. The second kappa shape index (κ2) is 4.44. The van der Waals surface area contributed by atoms with Gasteiger partial charge in [-0.2, -0.15) is 0 Å². The fourth-order valence-electron chi connectivity index (χ4n) is 1.10. The molecule has 1 rings (SSSR count). The summed E-state index contributed by atoms with van der Waals surface area (Å²) in [5, 5.41) is 9.44. The van der Waals surface area contributed by atoms with E-state index in [9.17, 15) is 0 Å². The summed E-state index contributed by atoms with van der Waals surface area (Å²) in [7, 11) is 0. The van der Waals surface area contributed by atoms with Crippen LogP contribution >= 0.6 is 11.6 Å². The molecule has 13 heavy (non-hydrogen) atoms. The van der Waals surface area contributed by atoms with Crippen molar-refractivity contribution in [2.75, 3.05) is 12.3 Å². The van der Waals surface area contributed by atoms with Gasteiger partial charge >= 0.3 is 0 Å². The molecule has 1 aromatic heterocycles. The average Bonchev–Trinajstić information content (AvgIpc) is 2.11. The number of hydrogen-bond donors (Lipinski definition) is 2. The smallest absolute Gasteiger partial charge is 0.126 e. The zero-order chi connectivity index (χ0) is 9.84. The second-order valence-electron chi connectivity index (χ2n) is 3.19. The molecule has 72 valence electrons. The Morgan fingerprint density at radius 3 is 3.00 bits per heavy atom. The molecular formula is C9H13ClN2O. The summed E-state index contributed by atoms with van der Waals surface area (Å²) in [5.41, 5.74) is 6.54. The fourth-order valence-corrected chi connectivity index (χ4v) is 1.28. The lowest BCUT2D eigenvalue weighted by atomic mass is 10.0. The summed E-state index contributed by atoms with van der Waals surface area (Å²) in [5.74, 6) is 0.673. The molecule has 1 unspecified atom stereocenters. The van der Waals surface area contributed by atoms with E-state index in [2.05, 4.69) is 4.98 Å². The first-order chi connectivity index (χ1) is 6.13. The fraction of sp³-hybridized carbons (Fsp3) is 0.444. The van der Waals surface area contributed by atoms with Crippen molar-refractivity contribution in [3.63, 3.8) is 0 Å². The van der Waals surface area contributed by atoms with Gasteiger partial charge in [0.25, 0.3) is 0 Å². The van der Waals surface area contributed by atoms with E-state index in [-0.39, 0.29) is 12.5 Å². The quantitative estimate of drug-likeness (QED) is 0.777. The molecule has 0 amide bonds. The molecule has 1 heterocycles. The Balaban J connectivity index is 2.81. The Morgan fingerprint density at radius 2 is 2.38 bits per heavy atom. The molecular weight excluding hydrogens is 188 g/mol. The number of halogens is 1. The van der Waals surface area contributed by atoms with E-state index >= 15 is 0 Å². The predicted molar refractivity (Wildman–Crippen MR) is 53.6 cm³/mol. The first-order valence-corrected chi connectivity index (χ1v) is 4.52. The molecule has 0 aliphatic carbocycles. The minimum atomic E-state index is 0.145. The van der Waals surface area contributed by atoms with Crippen molar-refractivity contribution in [2.24, 2.45) is 5.92 Å². The largest absolute Gasteiger partial charge is 0.396 e. The molecule has 0 radical (unpaired) electrons. The normalized spacial score (nSPS) is 12.8. The van der Waals surface area contributed by atoms with Crippen LogP contribution in [0.5, 0.6) is 0 Å². The number of nitrogen functional groups attached to an aromatic ring is 1. The van der Waals surface area contributed by atoms with Crippen molar-refractivity contribution in [3.05, 3.63) is 22.8 Å². The van der Waals surface area contributed by atoms with Crippen LogP contribution in [0.25, 0.3) is 0 Å². The van der Waals surface area contributed by atoms with Crippen LogP contribution in [0.2, 0.25) is 5.02 Å². The number of hydrogen-bond acceptors (Lipinski definition) is 3. The van der Waals surface area contributed by atoms with E-state index in [0.717, 1.165) is 5.56 Å². The zero-order valence-electron chi connectivity index (χ0n) is 7.50. The lowest BCUT2D eigenvalue weighted by molar-refractivity contribution is 0.237. The van der Waals surface area contributed by atoms with Crippen LogP contribution in [0.3, 0.4) is 0 Å². The minimum absolute atomic E-state index is 0.145. The van der Waals surface area contributed by atoms with Crippen LogP contribution in [-0.2, 0) is 6.42 Å². The van der Waals surface area contributed by atoms with Gasteiger partial charge in [0.05, 0.1) is 5.02 Å². The number of nitrogens with zero attached hydrogens (tertiary/aromatic N) is 1. The average molecular weight is 201 g/mol. The summed E-state index contributed by atoms with van der Waals surface area (Å²) in [6.45, 7) is 2.09. The van der Waals surface area contributed by atoms with Gasteiger partial charge in [-0.15, -0.1) is 0 Å². The van der Waals surface area contributed by atoms with E-state index in [4.69, 9.17) is 22.4 Å². The number of aromatic nitrogens is 1. The van der Waals surface area contributed by atoms with Crippen molar-refractivity contribution >= 4 is 17.4 Å². The van der Waals surface area contributed by atoms with Crippen molar-refractivity contribution in [3.8, 4) is 0 Å². The molecule has 0 aliphatic heterocycles. The SMILES string of the molecule is CC(CO)Cc1cc(Cl)cnc1N. The van der Waals surface area contributed by atoms with Gasteiger partial charge in [0.15, 0.2) is 0 Å². The first-order valence-electron chi connectivity index (χ1n) is 4.14. The number of anilines is 1. The molecule has 3 N–H and O–H groups in total. The summed E-state index contributed by atoms with van der Waals surface area (Å²) in [6.07, 6.45) is 2.22. The summed E-state index contributed by atoms with van der Waals surface area (Å²) >= 11 is 5.76. The topological polar surface area (TPSA) is 59.1 Å².